The summed E-state index contributed by atoms with van der Waals surface area (Å²) in [6.07, 6.45) is 0.192. The van der Waals surface area contributed by atoms with Crippen LogP contribution >= 0.6 is 0 Å². The monoisotopic (exact) mass is 238 g/mol. The zero-order chi connectivity index (χ0) is 13.2. The molecule has 2 heteroatoms. The number of aryl methyl sites for hydroxylation is 1. The molecule has 0 amide bonds. The number of aliphatic hydroxyl groups excluding tert-OH is 1. The average molecular weight is 238 g/mol. The van der Waals surface area contributed by atoms with Crippen LogP contribution in [0.25, 0.3) is 0 Å². The third kappa shape index (κ3) is 3.81. The van der Waals surface area contributed by atoms with Crippen LogP contribution in [-0.2, 0) is 0 Å². The van der Waals surface area contributed by atoms with E-state index in [9.17, 15) is 9.50 Å². The molecule has 96 valence electrons. The Bertz CT molecular complexity index is 379. The molecule has 0 spiro atoms. The molecule has 0 aliphatic heterocycles. The molecule has 1 rings (SSSR count). The molecule has 2 atom stereocenters. The minimum absolute atomic E-state index is 0.177. The first kappa shape index (κ1) is 14.2. The van der Waals surface area contributed by atoms with Gasteiger partial charge in [0.05, 0.1) is 6.10 Å². The van der Waals surface area contributed by atoms with E-state index in [4.69, 9.17) is 0 Å². The Kier molecular flexibility index (Phi) is 4.31. The highest BCUT2D eigenvalue weighted by molar-refractivity contribution is 5.25. The molecule has 0 fully saturated rings. The molecule has 0 heterocycles. The van der Waals surface area contributed by atoms with Gasteiger partial charge < -0.3 is 5.11 Å². The molecule has 0 aromatic heterocycles. The van der Waals surface area contributed by atoms with E-state index in [2.05, 4.69) is 27.7 Å². The van der Waals surface area contributed by atoms with Gasteiger partial charge >= 0.3 is 0 Å². The fourth-order valence-corrected chi connectivity index (χ4v) is 1.70. The van der Waals surface area contributed by atoms with Crippen LogP contribution < -0.4 is 0 Å². The molecule has 17 heavy (non-hydrogen) atoms. The topological polar surface area (TPSA) is 20.2 Å². The van der Waals surface area contributed by atoms with Crippen molar-refractivity contribution in [2.75, 3.05) is 0 Å². The van der Waals surface area contributed by atoms with Crippen LogP contribution in [0.2, 0.25) is 0 Å². The Morgan fingerprint density at radius 1 is 1.29 bits per heavy atom. The molecule has 0 radical (unpaired) electrons. The molecule has 1 nitrogen and oxygen atoms in total. The Morgan fingerprint density at radius 2 is 1.88 bits per heavy atom. The van der Waals surface area contributed by atoms with Gasteiger partial charge in [-0.25, -0.2) is 4.39 Å². The zero-order valence-corrected chi connectivity index (χ0v) is 11.4. The van der Waals surface area contributed by atoms with Crippen molar-refractivity contribution in [3.63, 3.8) is 0 Å². The lowest BCUT2D eigenvalue weighted by atomic mass is 9.78. The van der Waals surface area contributed by atoms with E-state index in [0.29, 0.717) is 17.9 Å². The van der Waals surface area contributed by atoms with E-state index >= 15 is 0 Å². The van der Waals surface area contributed by atoms with Crippen LogP contribution in [0.15, 0.2) is 18.2 Å². The van der Waals surface area contributed by atoms with E-state index in [1.165, 1.54) is 6.07 Å². The lowest BCUT2D eigenvalue weighted by Crippen LogP contribution is -2.19. The van der Waals surface area contributed by atoms with Crippen LogP contribution in [0, 0.1) is 24.1 Å². The van der Waals surface area contributed by atoms with Gasteiger partial charge in [0.15, 0.2) is 0 Å². The SMILES string of the molecule is Cc1cc(C(O)CC(C)C(C)(C)C)ccc1F. The lowest BCUT2D eigenvalue weighted by molar-refractivity contribution is 0.110. The number of rotatable bonds is 3. The van der Waals surface area contributed by atoms with Crippen molar-refractivity contribution in [3.05, 3.63) is 35.1 Å². The Balaban J connectivity index is 2.76. The Hall–Kier alpha value is -0.890. The third-order valence-electron chi connectivity index (χ3n) is 3.62. The van der Waals surface area contributed by atoms with E-state index in [0.717, 1.165) is 5.56 Å². The second-order valence-corrected chi connectivity index (χ2v) is 6.03. The predicted molar refractivity (Wildman–Crippen MR) is 69.3 cm³/mol. The third-order valence-corrected chi connectivity index (χ3v) is 3.62. The standard InChI is InChI=1S/C15H23FO/c1-10-8-12(6-7-13(10)16)14(17)9-11(2)15(3,4)5/h6-8,11,14,17H,9H2,1-5H3. The van der Waals surface area contributed by atoms with Gasteiger partial charge in [0.1, 0.15) is 5.82 Å². The van der Waals surface area contributed by atoms with Crippen molar-refractivity contribution in [3.8, 4) is 0 Å². The van der Waals surface area contributed by atoms with Gasteiger partial charge in [0, 0.05) is 0 Å². The summed E-state index contributed by atoms with van der Waals surface area (Å²) < 4.78 is 13.1. The first-order chi connectivity index (χ1) is 7.71. The summed E-state index contributed by atoms with van der Waals surface area (Å²) >= 11 is 0. The van der Waals surface area contributed by atoms with Crippen molar-refractivity contribution in [1.82, 2.24) is 0 Å². The Labute approximate surface area is 104 Å². The second-order valence-electron chi connectivity index (χ2n) is 6.03. The molecule has 1 aromatic carbocycles. The van der Waals surface area contributed by atoms with Crippen LogP contribution in [-0.4, -0.2) is 5.11 Å². The van der Waals surface area contributed by atoms with Gasteiger partial charge in [-0.2, -0.15) is 0 Å². The quantitative estimate of drug-likeness (QED) is 0.835. The molecule has 0 saturated carbocycles. The zero-order valence-electron chi connectivity index (χ0n) is 11.4. The molecular formula is C15H23FO. The first-order valence-corrected chi connectivity index (χ1v) is 6.16. The van der Waals surface area contributed by atoms with Crippen molar-refractivity contribution < 1.29 is 9.50 Å². The fourth-order valence-electron chi connectivity index (χ4n) is 1.70. The van der Waals surface area contributed by atoms with E-state index in [-0.39, 0.29) is 11.2 Å². The normalized spacial score (nSPS) is 15.7. The van der Waals surface area contributed by atoms with Gasteiger partial charge in [0.25, 0.3) is 0 Å². The fraction of sp³-hybridized carbons (Fsp3) is 0.600. The summed E-state index contributed by atoms with van der Waals surface area (Å²) in [6, 6.07) is 4.83. The largest absolute Gasteiger partial charge is 0.388 e. The number of halogens is 1. The predicted octanol–water partition coefficient (Wildman–Crippen LogP) is 4.24. The molecule has 0 saturated heterocycles. The minimum Gasteiger partial charge on any atom is -0.388 e. The van der Waals surface area contributed by atoms with Crippen molar-refractivity contribution in [2.45, 2.75) is 47.1 Å². The highest BCUT2D eigenvalue weighted by atomic mass is 19.1. The van der Waals surface area contributed by atoms with Crippen molar-refractivity contribution in [2.24, 2.45) is 11.3 Å². The number of aliphatic hydroxyl groups is 1. The van der Waals surface area contributed by atoms with Gasteiger partial charge in [0.2, 0.25) is 0 Å². The van der Waals surface area contributed by atoms with Crippen LogP contribution in [0.4, 0.5) is 4.39 Å². The van der Waals surface area contributed by atoms with Gasteiger partial charge in [-0.05, 0) is 41.9 Å². The maximum absolute atomic E-state index is 13.1. The van der Waals surface area contributed by atoms with Gasteiger partial charge in [-0.15, -0.1) is 0 Å². The maximum Gasteiger partial charge on any atom is 0.126 e. The summed E-state index contributed by atoms with van der Waals surface area (Å²) in [4.78, 5) is 0. The van der Waals surface area contributed by atoms with E-state index < -0.39 is 6.10 Å². The van der Waals surface area contributed by atoms with E-state index in [1.807, 2.05) is 0 Å². The summed E-state index contributed by atoms with van der Waals surface area (Å²) in [6.45, 7) is 10.4. The van der Waals surface area contributed by atoms with Crippen LogP contribution in [0.1, 0.15) is 51.3 Å². The number of hydrogen-bond acceptors (Lipinski definition) is 1. The molecule has 1 N–H and O–H groups in total. The molecular weight excluding hydrogens is 215 g/mol. The van der Waals surface area contributed by atoms with Gasteiger partial charge in [-0.1, -0.05) is 39.8 Å². The van der Waals surface area contributed by atoms with Crippen molar-refractivity contribution >= 4 is 0 Å². The number of benzene rings is 1. The molecule has 0 aliphatic carbocycles. The summed E-state index contributed by atoms with van der Waals surface area (Å²) in [7, 11) is 0. The summed E-state index contributed by atoms with van der Waals surface area (Å²) in [5, 5.41) is 10.1. The second kappa shape index (κ2) is 5.18. The van der Waals surface area contributed by atoms with Crippen molar-refractivity contribution in [1.29, 1.82) is 0 Å². The average Bonchev–Trinajstić information content (AvgIpc) is 2.20. The molecule has 1 aromatic rings. The van der Waals surface area contributed by atoms with Crippen LogP contribution in [0.5, 0.6) is 0 Å². The van der Waals surface area contributed by atoms with Gasteiger partial charge in [-0.3, -0.25) is 0 Å². The smallest absolute Gasteiger partial charge is 0.126 e. The van der Waals surface area contributed by atoms with Crippen LogP contribution in [0.3, 0.4) is 0 Å². The Morgan fingerprint density at radius 3 is 2.35 bits per heavy atom. The highest BCUT2D eigenvalue weighted by Gasteiger charge is 2.23. The molecule has 0 bridgehead atoms. The maximum atomic E-state index is 13.1. The lowest BCUT2D eigenvalue weighted by Gasteiger charge is -2.29. The first-order valence-electron chi connectivity index (χ1n) is 6.16. The summed E-state index contributed by atoms with van der Waals surface area (Å²) in [5.41, 5.74) is 1.57. The molecule has 0 aliphatic rings. The minimum atomic E-state index is -0.511. The molecule has 2 unspecified atom stereocenters. The van der Waals surface area contributed by atoms with E-state index in [1.54, 1.807) is 19.1 Å². The highest BCUT2D eigenvalue weighted by Crippen LogP contribution is 2.33. The summed E-state index contributed by atoms with van der Waals surface area (Å²) in [5.74, 6) is 0.188. The number of hydrogen-bond donors (Lipinski definition) is 1.